The summed E-state index contributed by atoms with van der Waals surface area (Å²) in [7, 11) is 1.24. The number of amides is 2. The number of hydrogen-bond acceptors (Lipinski definition) is 7. The SMILES string of the molecule is Br.COC(=O)[C@H](Cc1cc(I)c(Oc2cc(I)c(O)c(I)c2)c(I)c1)NC(=O)CNC(=O)CN. The maximum absolute atomic E-state index is 12.2. The van der Waals surface area contributed by atoms with Crippen LogP contribution in [0.2, 0.25) is 0 Å². The zero-order chi connectivity index (χ0) is 24.7. The number of benzene rings is 2. The van der Waals surface area contributed by atoms with Crippen LogP contribution >= 0.6 is 107 Å². The number of nitrogens with one attached hydrogen (secondary N) is 2. The largest absolute Gasteiger partial charge is 0.506 e. The Kier molecular flexibility index (Phi) is 14.2. The Bertz CT molecular complexity index is 1030. The van der Waals surface area contributed by atoms with Crippen molar-refractivity contribution in [2.45, 2.75) is 12.5 Å². The standard InChI is InChI=1S/C20H19I4N3O6.BrH/c1-32-20(31)15(27-17(29)8-26-16(28)7-25)4-9-2-13(23)19(14(24)3-9)33-10-5-11(21)18(30)12(22)6-10;/h2-3,5-6,15,30H,4,7-8,25H2,1H3,(H,26,28)(H,27,29);1H/t15-;/m0./s1. The van der Waals surface area contributed by atoms with E-state index in [9.17, 15) is 19.5 Å². The minimum Gasteiger partial charge on any atom is -0.506 e. The minimum absolute atomic E-state index is 0. The molecule has 2 rings (SSSR count). The molecule has 0 spiro atoms. The van der Waals surface area contributed by atoms with E-state index in [1.54, 1.807) is 12.1 Å². The van der Waals surface area contributed by atoms with Crippen LogP contribution in [-0.4, -0.2) is 49.1 Å². The first-order valence-corrected chi connectivity index (χ1v) is 13.5. The van der Waals surface area contributed by atoms with Crippen LogP contribution in [0.1, 0.15) is 5.56 Å². The summed E-state index contributed by atoms with van der Waals surface area (Å²) >= 11 is 8.36. The molecule has 0 radical (unpaired) electrons. The number of aromatic hydroxyl groups is 1. The van der Waals surface area contributed by atoms with Crippen molar-refractivity contribution in [2.24, 2.45) is 5.73 Å². The molecule has 0 saturated carbocycles. The number of phenols is 1. The van der Waals surface area contributed by atoms with Crippen molar-refractivity contribution in [2.75, 3.05) is 20.2 Å². The highest BCUT2D eigenvalue weighted by Gasteiger charge is 2.23. The van der Waals surface area contributed by atoms with Crippen LogP contribution in [0.25, 0.3) is 0 Å². The number of nitrogens with two attached hydrogens (primary N) is 1. The van der Waals surface area contributed by atoms with Gasteiger partial charge in [0.25, 0.3) is 0 Å². The zero-order valence-electron chi connectivity index (χ0n) is 17.5. The van der Waals surface area contributed by atoms with Crippen molar-refractivity contribution >= 4 is 125 Å². The fourth-order valence-corrected chi connectivity index (χ4v) is 6.44. The van der Waals surface area contributed by atoms with Crippen LogP contribution in [0.4, 0.5) is 0 Å². The lowest BCUT2D eigenvalue weighted by Gasteiger charge is -2.18. The number of carbonyl (C=O) groups excluding carboxylic acids is 3. The Labute approximate surface area is 261 Å². The topological polar surface area (TPSA) is 140 Å². The predicted octanol–water partition coefficient (Wildman–Crippen LogP) is 3.46. The molecule has 2 aromatic carbocycles. The number of esters is 1. The molecule has 0 aliphatic carbocycles. The molecular formula is C20H20BrI4N3O6. The molecule has 0 aliphatic heterocycles. The van der Waals surface area contributed by atoms with E-state index < -0.39 is 23.8 Å². The number of methoxy groups -OCH3 is 1. The predicted molar refractivity (Wildman–Crippen MR) is 166 cm³/mol. The molecule has 14 heteroatoms. The van der Waals surface area contributed by atoms with Gasteiger partial charge in [0.2, 0.25) is 11.8 Å². The third kappa shape index (κ3) is 9.36. The monoisotopic (exact) mass is 985 g/mol. The van der Waals surface area contributed by atoms with E-state index in [2.05, 4.69) is 55.8 Å². The van der Waals surface area contributed by atoms with Crippen molar-refractivity contribution in [3.05, 3.63) is 44.1 Å². The maximum atomic E-state index is 12.2. The number of carbonyl (C=O) groups is 3. The zero-order valence-corrected chi connectivity index (χ0v) is 27.8. The first kappa shape index (κ1) is 31.8. The van der Waals surface area contributed by atoms with Gasteiger partial charge in [-0.15, -0.1) is 17.0 Å². The molecule has 0 fully saturated rings. The summed E-state index contributed by atoms with van der Waals surface area (Å²) < 4.78 is 13.8. The Balaban J connectivity index is 0.00000578. The van der Waals surface area contributed by atoms with Gasteiger partial charge >= 0.3 is 5.97 Å². The van der Waals surface area contributed by atoms with Crippen LogP contribution in [0.3, 0.4) is 0 Å². The molecule has 0 aromatic heterocycles. The van der Waals surface area contributed by atoms with Crippen LogP contribution in [0, 0.1) is 14.3 Å². The molecule has 5 N–H and O–H groups in total. The quantitative estimate of drug-likeness (QED) is 0.223. The summed E-state index contributed by atoms with van der Waals surface area (Å²) in [5.41, 5.74) is 5.99. The second-order valence-corrected chi connectivity index (χ2v) is 11.2. The Morgan fingerprint density at radius 1 is 1.00 bits per heavy atom. The molecule has 0 bridgehead atoms. The van der Waals surface area contributed by atoms with Gasteiger partial charge in [0.1, 0.15) is 17.5 Å². The van der Waals surface area contributed by atoms with Crippen molar-refractivity contribution in [3.63, 3.8) is 0 Å². The molecular weight excluding hydrogens is 966 g/mol. The highest BCUT2D eigenvalue weighted by Crippen LogP contribution is 2.37. The van der Waals surface area contributed by atoms with Crippen LogP contribution in [0.5, 0.6) is 17.2 Å². The van der Waals surface area contributed by atoms with Gasteiger partial charge in [0.15, 0.2) is 5.75 Å². The van der Waals surface area contributed by atoms with E-state index in [1.807, 2.05) is 57.3 Å². The minimum atomic E-state index is -0.934. The molecule has 1 atom stereocenters. The molecule has 34 heavy (non-hydrogen) atoms. The van der Waals surface area contributed by atoms with Crippen molar-refractivity contribution in [1.82, 2.24) is 10.6 Å². The smallest absolute Gasteiger partial charge is 0.328 e. The van der Waals surface area contributed by atoms with E-state index in [0.29, 0.717) is 18.6 Å². The van der Waals surface area contributed by atoms with E-state index in [-0.39, 0.29) is 42.2 Å². The van der Waals surface area contributed by atoms with Gasteiger partial charge in [-0.05, 0) is 120 Å². The average molecular weight is 986 g/mol. The molecule has 186 valence electrons. The molecule has 0 aliphatic rings. The van der Waals surface area contributed by atoms with Gasteiger partial charge in [-0.1, -0.05) is 0 Å². The lowest BCUT2D eigenvalue weighted by molar-refractivity contribution is -0.145. The highest BCUT2D eigenvalue weighted by atomic mass is 127. The van der Waals surface area contributed by atoms with E-state index >= 15 is 0 Å². The summed E-state index contributed by atoms with van der Waals surface area (Å²) in [4.78, 5) is 35.6. The molecule has 0 heterocycles. The van der Waals surface area contributed by atoms with Crippen LogP contribution in [0.15, 0.2) is 24.3 Å². The fraction of sp³-hybridized carbons (Fsp3) is 0.250. The van der Waals surface area contributed by atoms with E-state index in [0.717, 1.165) is 12.7 Å². The summed E-state index contributed by atoms with van der Waals surface area (Å²) in [5.74, 6) is -0.177. The molecule has 0 saturated heterocycles. The van der Waals surface area contributed by atoms with Gasteiger partial charge in [-0.3, -0.25) is 9.59 Å². The summed E-state index contributed by atoms with van der Waals surface area (Å²) in [6.07, 6.45) is 0.185. The van der Waals surface area contributed by atoms with Crippen LogP contribution in [-0.2, 0) is 25.5 Å². The third-order valence-corrected chi connectivity index (χ3v) is 7.41. The lowest BCUT2D eigenvalue weighted by atomic mass is 10.1. The first-order valence-electron chi connectivity index (χ1n) is 9.23. The van der Waals surface area contributed by atoms with Crippen molar-refractivity contribution < 1.29 is 29.0 Å². The van der Waals surface area contributed by atoms with Crippen LogP contribution < -0.4 is 21.1 Å². The fourth-order valence-electron chi connectivity index (χ4n) is 2.61. The average Bonchev–Trinajstić information content (AvgIpc) is 2.77. The molecule has 0 unspecified atom stereocenters. The Morgan fingerprint density at radius 3 is 2.06 bits per heavy atom. The van der Waals surface area contributed by atoms with E-state index in [1.165, 1.54) is 7.11 Å². The lowest BCUT2D eigenvalue weighted by Crippen LogP contribution is -2.47. The summed E-state index contributed by atoms with van der Waals surface area (Å²) in [6, 6.07) is 6.25. The number of phenolic OH excluding ortho intramolecular Hbond substituents is 1. The van der Waals surface area contributed by atoms with Crippen molar-refractivity contribution in [1.29, 1.82) is 0 Å². The molecule has 9 nitrogen and oxygen atoms in total. The summed E-state index contributed by atoms with van der Waals surface area (Å²) in [6.45, 7) is -0.531. The van der Waals surface area contributed by atoms with Gasteiger partial charge < -0.3 is 30.9 Å². The van der Waals surface area contributed by atoms with Gasteiger partial charge in [-0.25, -0.2) is 4.79 Å². The number of ether oxygens (including phenoxy) is 2. The van der Waals surface area contributed by atoms with Crippen molar-refractivity contribution in [3.8, 4) is 17.2 Å². The highest BCUT2D eigenvalue weighted by molar-refractivity contribution is 14.1. The number of halogens is 5. The molecule has 2 aromatic rings. The number of rotatable bonds is 9. The Hall–Kier alpha value is -0.190. The first-order chi connectivity index (χ1) is 15.5. The molecule has 2 amide bonds. The number of hydrogen-bond donors (Lipinski definition) is 4. The normalized spacial score (nSPS) is 11.1. The van der Waals surface area contributed by atoms with Gasteiger partial charge in [-0.2, -0.15) is 0 Å². The van der Waals surface area contributed by atoms with Gasteiger partial charge in [0, 0.05) is 6.42 Å². The second kappa shape index (κ2) is 15.2. The van der Waals surface area contributed by atoms with E-state index in [4.69, 9.17) is 15.2 Å². The maximum Gasteiger partial charge on any atom is 0.328 e. The second-order valence-electron chi connectivity index (χ2n) is 6.55. The van der Waals surface area contributed by atoms with Gasteiger partial charge in [0.05, 0.1) is 34.5 Å². The Morgan fingerprint density at radius 2 is 1.56 bits per heavy atom. The summed E-state index contributed by atoms with van der Waals surface area (Å²) in [5, 5.41) is 14.9. The third-order valence-electron chi connectivity index (χ3n) is 4.16.